The van der Waals surface area contributed by atoms with Gasteiger partial charge in [-0.05, 0) is 44.9 Å². The molecule has 0 radical (unpaired) electrons. The van der Waals surface area contributed by atoms with Crippen LogP contribution in [-0.2, 0) is 29.0 Å². The van der Waals surface area contributed by atoms with Crippen LogP contribution in [-0.4, -0.2) is 84.8 Å². The molecule has 3 fully saturated rings. The number of carbonyl (C=O) groups is 4. The zero-order valence-electron chi connectivity index (χ0n) is 18.1. The van der Waals surface area contributed by atoms with Crippen LogP contribution in [0.3, 0.4) is 0 Å². The SMILES string of the molecule is CCC1CCC2(CC1)NC(=O)N(CC(=O)OCC(=O)N(CC)C1CCS(=O)(=O)C1)C2=O. The molecular formula is C20H31N3O7S. The van der Waals surface area contributed by atoms with Crippen molar-refractivity contribution in [2.45, 2.75) is 64.0 Å². The highest BCUT2D eigenvalue weighted by Gasteiger charge is 2.52. The number of rotatable bonds is 7. The summed E-state index contributed by atoms with van der Waals surface area (Å²) in [6.45, 7) is 3.01. The Morgan fingerprint density at radius 1 is 1.19 bits per heavy atom. The fourth-order valence-electron chi connectivity index (χ4n) is 4.80. The third-order valence-corrected chi connectivity index (χ3v) is 8.49. The second kappa shape index (κ2) is 9.13. The van der Waals surface area contributed by atoms with E-state index < -0.39 is 58.4 Å². The van der Waals surface area contributed by atoms with Crippen molar-refractivity contribution >= 4 is 33.7 Å². The number of imide groups is 1. The molecule has 3 aliphatic rings. The number of esters is 1. The van der Waals surface area contributed by atoms with Gasteiger partial charge in [-0.15, -0.1) is 0 Å². The molecule has 4 amide bonds. The first kappa shape index (κ1) is 23.5. The number of urea groups is 1. The minimum Gasteiger partial charge on any atom is -0.454 e. The first-order valence-corrected chi connectivity index (χ1v) is 12.7. The molecule has 10 nitrogen and oxygen atoms in total. The fraction of sp³-hybridized carbons (Fsp3) is 0.800. The normalized spacial score (nSPS) is 29.8. The monoisotopic (exact) mass is 457 g/mol. The summed E-state index contributed by atoms with van der Waals surface area (Å²) in [6.07, 6.45) is 4.19. The van der Waals surface area contributed by atoms with Gasteiger partial charge in [0.15, 0.2) is 16.4 Å². The standard InChI is InChI=1S/C20H31N3O7S/c1-3-14-5-8-20(9-6-14)18(26)23(19(27)21-20)11-17(25)30-12-16(24)22(4-2)15-7-10-31(28,29)13-15/h14-15H,3-13H2,1-2H3,(H,21,27). The maximum atomic E-state index is 12.9. The van der Waals surface area contributed by atoms with Gasteiger partial charge < -0.3 is 15.0 Å². The molecule has 1 atom stereocenters. The molecule has 0 aromatic heterocycles. The Hall–Kier alpha value is -2.17. The molecule has 0 aromatic rings. The van der Waals surface area contributed by atoms with Gasteiger partial charge in [-0.2, -0.15) is 0 Å². The van der Waals surface area contributed by atoms with Gasteiger partial charge in [0, 0.05) is 12.6 Å². The number of likely N-dealkylation sites (N-methyl/N-ethyl adjacent to an activating group) is 1. The number of hydrogen-bond acceptors (Lipinski definition) is 7. The summed E-state index contributed by atoms with van der Waals surface area (Å²) in [5.41, 5.74) is -0.939. The number of nitrogens with one attached hydrogen (secondary N) is 1. The molecule has 1 saturated carbocycles. The number of carbonyl (C=O) groups excluding carboxylic acids is 4. The summed E-state index contributed by atoms with van der Waals surface area (Å²) < 4.78 is 28.4. The Kier molecular flexibility index (Phi) is 6.92. The lowest BCUT2D eigenvalue weighted by Crippen LogP contribution is -2.49. The van der Waals surface area contributed by atoms with Gasteiger partial charge in [-0.1, -0.05) is 13.3 Å². The summed E-state index contributed by atoms with van der Waals surface area (Å²) in [5.74, 6) is -1.29. The lowest BCUT2D eigenvalue weighted by atomic mass is 9.75. The van der Waals surface area contributed by atoms with Gasteiger partial charge in [0.25, 0.3) is 11.8 Å². The minimum atomic E-state index is -3.15. The van der Waals surface area contributed by atoms with Crippen molar-refractivity contribution in [2.75, 3.05) is 31.2 Å². The number of ether oxygens (including phenoxy) is 1. The topological polar surface area (TPSA) is 130 Å². The Bertz CT molecular complexity index is 849. The van der Waals surface area contributed by atoms with Crippen molar-refractivity contribution in [2.24, 2.45) is 5.92 Å². The third kappa shape index (κ3) is 5.02. The molecule has 3 rings (SSSR count). The highest BCUT2D eigenvalue weighted by molar-refractivity contribution is 7.91. The van der Waals surface area contributed by atoms with E-state index in [1.165, 1.54) is 4.90 Å². The first-order valence-electron chi connectivity index (χ1n) is 10.9. The summed E-state index contributed by atoms with van der Waals surface area (Å²) in [7, 11) is -3.15. The van der Waals surface area contributed by atoms with Crippen LogP contribution < -0.4 is 5.32 Å². The summed E-state index contributed by atoms with van der Waals surface area (Å²) in [6, 6.07) is -1.04. The van der Waals surface area contributed by atoms with Crippen molar-refractivity contribution in [3.8, 4) is 0 Å². The highest BCUT2D eigenvalue weighted by atomic mass is 32.2. The summed E-state index contributed by atoms with van der Waals surface area (Å²) in [4.78, 5) is 52.1. The van der Waals surface area contributed by atoms with E-state index >= 15 is 0 Å². The average molecular weight is 458 g/mol. The smallest absolute Gasteiger partial charge is 0.326 e. The van der Waals surface area contributed by atoms with Gasteiger partial charge in [0.2, 0.25) is 0 Å². The van der Waals surface area contributed by atoms with Gasteiger partial charge >= 0.3 is 12.0 Å². The second-order valence-electron chi connectivity index (χ2n) is 8.65. The van der Waals surface area contributed by atoms with E-state index in [0.29, 0.717) is 31.7 Å². The fourth-order valence-corrected chi connectivity index (χ4v) is 6.53. The highest BCUT2D eigenvalue weighted by Crippen LogP contribution is 2.37. The van der Waals surface area contributed by atoms with E-state index in [2.05, 4.69) is 12.2 Å². The van der Waals surface area contributed by atoms with Crippen molar-refractivity contribution in [3.63, 3.8) is 0 Å². The number of nitrogens with zero attached hydrogens (tertiary/aromatic N) is 2. The molecule has 1 unspecified atom stereocenters. The van der Waals surface area contributed by atoms with Crippen molar-refractivity contribution in [1.29, 1.82) is 0 Å². The molecule has 174 valence electrons. The summed E-state index contributed by atoms with van der Waals surface area (Å²) >= 11 is 0. The van der Waals surface area contributed by atoms with Crippen LogP contribution in [0.1, 0.15) is 52.4 Å². The zero-order valence-corrected chi connectivity index (χ0v) is 18.9. The lowest BCUT2D eigenvalue weighted by Gasteiger charge is -2.34. The van der Waals surface area contributed by atoms with Gasteiger partial charge in [0.1, 0.15) is 12.1 Å². The van der Waals surface area contributed by atoms with Crippen molar-refractivity contribution in [1.82, 2.24) is 15.1 Å². The lowest BCUT2D eigenvalue weighted by molar-refractivity contribution is -0.154. The number of amides is 4. The van der Waals surface area contributed by atoms with Crippen LogP contribution >= 0.6 is 0 Å². The molecule has 31 heavy (non-hydrogen) atoms. The number of hydrogen-bond donors (Lipinski definition) is 1. The van der Waals surface area contributed by atoms with Gasteiger partial charge in [-0.25, -0.2) is 13.2 Å². The van der Waals surface area contributed by atoms with Crippen molar-refractivity contribution < 1.29 is 32.3 Å². The molecular weight excluding hydrogens is 426 g/mol. The molecule has 2 saturated heterocycles. The van der Waals surface area contributed by atoms with E-state index in [1.54, 1.807) is 6.92 Å². The molecule has 1 aliphatic carbocycles. The molecule has 2 heterocycles. The Labute approximate surface area is 182 Å². The predicted octanol–water partition coefficient (Wildman–Crippen LogP) is 0.456. The Morgan fingerprint density at radius 2 is 1.87 bits per heavy atom. The van der Waals surface area contributed by atoms with Crippen LogP contribution in [0.4, 0.5) is 4.79 Å². The van der Waals surface area contributed by atoms with Gasteiger partial charge in [0.05, 0.1) is 11.5 Å². The van der Waals surface area contributed by atoms with Crippen LogP contribution in [0.15, 0.2) is 0 Å². The van der Waals surface area contributed by atoms with Gasteiger partial charge in [-0.3, -0.25) is 19.3 Å². The van der Waals surface area contributed by atoms with Crippen LogP contribution in [0.25, 0.3) is 0 Å². The van der Waals surface area contributed by atoms with Crippen LogP contribution in [0, 0.1) is 5.92 Å². The minimum absolute atomic E-state index is 0.0359. The van der Waals surface area contributed by atoms with E-state index in [9.17, 15) is 27.6 Å². The maximum Gasteiger partial charge on any atom is 0.326 e. The molecule has 1 N–H and O–H groups in total. The van der Waals surface area contributed by atoms with E-state index in [1.807, 2.05) is 0 Å². The molecule has 0 aromatic carbocycles. The van der Waals surface area contributed by atoms with Crippen molar-refractivity contribution in [3.05, 3.63) is 0 Å². The van der Waals surface area contributed by atoms with E-state index in [4.69, 9.17) is 4.74 Å². The predicted molar refractivity (Wildman–Crippen MR) is 111 cm³/mol. The largest absolute Gasteiger partial charge is 0.454 e. The molecule has 11 heteroatoms. The second-order valence-corrected chi connectivity index (χ2v) is 10.9. The average Bonchev–Trinajstić information content (AvgIpc) is 3.19. The van der Waals surface area contributed by atoms with Crippen LogP contribution in [0.2, 0.25) is 0 Å². The van der Waals surface area contributed by atoms with Crippen LogP contribution in [0.5, 0.6) is 0 Å². The maximum absolute atomic E-state index is 12.9. The number of sulfone groups is 1. The molecule has 1 spiro atoms. The van der Waals surface area contributed by atoms with E-state index in [0.717, 1.165) is 24.2 Å². The quantitative estimate of drug-likeness (QED) is 0.434. The first-order chi connectivity index (χ1) is 14.6. The molecule has 0 bridgehead atoms. The Morgan fingerprint density at radius 3 is 2.42 bits per heavy atom. The van der Waals surface area contributed by atoms with E-state index in [-0.39, 0.29) is 11.5 Å². The zero-order chi connectivity index (χ0) is 22.8. The summed E-state index contributed by atoms with van der Waals surface area (Å²) in [5, 5.41) is 2.75. The molecule has 2 aliphatic heterocycles. The Balaban J connectivity index is 1.52. The third-order valence-electron chi connectivity index (χ3n) is 6.74.